The second-order valence-electron chi connectivity index (χ2n) is 11.6. The summed E-state index contributed by atoms with van der Waals surface area (Å²) in [5.41, 5.74) is 0.426. The zero-order valence-electron chi connectivity index (χ0n) is 24.1. The Morgan fingerprint density at radius 2 is 1.27 bits per heavy atom. The van der Waals surface area contributed by atoms with E-state index in [0.717, 1.165) is 10.8 Å². The summed E-state index contributed by atoms with van der Waals surface area (Å²) in [6.45, 7) is 2.26. The molecule has 4 aromatic rings. The third-order valence-corrected chi connectivity index (χ3v) is 8.98. The van der Waals surface area contributed by atoms with Crippen molar-refractivity contribution in [1.29, 1.82) is 0 Å². The third kappa shape index (κ3) is 4.84. The van der Waals surface area contributed by atoms with Gasteiger partial charge >= 0.3 is 14.2 Å². The molecule has 7 rings (SSSR count). The Morgan fingerprint density at radius 1 is 0.750 bits per heavy atom. The fraction of sp³-hybridized carbons (Fsp3) is 0.235. The van der Waals surface area contributed by atoms with E-state index in [2.05, 4.69) is 0 Å². The fourth-order valence-corrected chi connectivity index (χ4v) is 6.65. The van der Waals surface area contributed by atoms with E-state index in [4.69, 9.17) is 18.8 Å². The van der Waals surface area contributed by atoms with Crippen molar-refractivity contribution in [2.45, 2.75) is 37.3 Å². The van der Waals surface area contributed by atoms with Crippen LogP contribution in [0.25, 0.3) is 10.8 Å². The quantitative estimate of drug-likeness (QED) is 0.318. The molecular formula is C34H30B2O8. The average Bonchev–Trinajstić information content (AvgIpc) is 3.51. The zero-order chi connectivity index (χ0) is 30.5. The van der Waals surface area contributed by atoms with E-state index >= 15 is 0 Å². The summed E-state index contributed by atoms with van der Waals surface area (Å²) in [6, 6.07) is 28.7. The van der Waals surface area contributed by atoms with Crippen LogP contribution in [0, 0.1) is 0 Å². The highest BCUT2D eigenvalue weighted by atomic mass is 16.8. The number of benzene rings is 4. The first-order chi connectivity index (χ1) is 21.3. The molecule has 1 heterocycles. The zero-order valence-corrected chi connectivity index (χ0v) is 24.1. The van der Waals surface area contributed by atoms with Crippen LogP contribution in [0.4, 0.5) is 0 Å². The first-order valence-corrected chi connectivity index (χ1v) is 14.7. The van der Waals surface area contributed by atoms with E-state index in [1.807, 2.05) is 36.4 Å². The molecule has 2 aliphatic carbocycles. The highest BCUT2D eigenvalue weighted by Crippen LogP contribution is 2.50. The molecule has 1 aliphatic heterocycles. The summed E-state index contributed by atoms with van der Waals surface area (Å²) >= 11 is 0. The minimum Gasteiger partial charge on any atom is -0.423 e. The van der Waals surface area contributed by atoms with Crippen LogP contribution in [0.2, 0.25) is 0 Å². The molecule has 0 bridgehead atoms. The average molecular weight is 588 g/mol. The van der Waals surface area contributed by atoms with Gasteiger partial charge in [0.25, 0.3) is 0 Å². The lowest BCUT2D eigenvalue weighted by Crippen LogP contribution is -2.63. The second-order valence-corrected chi connectivity index (χ2v) is 11.6. The van der Waals surface area contributed by atoms with Crippen molar-refractivity contribution in [1.82, 2.24) is 0 Å². The molecule has 1 fully saturated rings. The van der Waals surface area contributed by atoms with Crippen molar-refractivity contribution >= 4 is 47.5 Å². The van der Waals surface area contributed by atoms with Crippen molar-refractivity contribution in [2.75, 3.05) is 13.2 Å². The number of carbonyl (C=O) groups is 2. The molecule has 0 saturated carbocycles. The van der Waals surface area contributed by atoms with Crippen LogP contribution in [0.15, 0.2) is 108 Å². The number of hydrogen-bond donors (Lipinski definition) is 2. The molecule has 0 unspecified atom stereocenters. The third-order valence-electron chi connectivity index (χ3n) is 8.98. The predicted octanol–water partition coefficient (Wildman–Crippen LogP) is 2.99. The Hall–Kier alpha value is -3.89. The van der Waals surface area contributed by atoms with Crippen molar-refractivity contribution in [3.05, 3.63) is 119 Å². The minimum atomic E-state index is -1.48. The molecule has 1 saturated heterocycles. The monoisotopic (exact) mass is 588 g/mol. The van der Waals surface area contributed by atoms with Crippen molar-refractivity contribution in [3.8, 4) is 0 Å². The first kappa shape index (κ1) is 28.9. The van der Waals surface area contributed by atoms with Crippen molar-refractivity contribution in [3.63, 3.8) is 0 Å². The van der Waals surface area contributed by atoms with E-state index in [1.54, 1.807) is 67.6 Å². The number of ether oxygens (including phenoxy) is 2. The van der Waals surface area contributed by atoms with Gasteiger partial charge in [0, 0.05) is 35.1 Å². The lowest BCUT2D eigenvalue weighted by atomic mass is 9.65. The van der Waals surface area contributed by atoms with E-state index < -0.39 is 31.7 Å². The van der Waals surface area contributed by atoms with E-state index in [1.165, 1.54) is 0 Å². The van der Waals surface area contributed by atoms with Gasteiger partial charge in [-0.2, -0.15) is 0 Å². The van der Waals surface area contributed by atoms with Gasteiger partial charge in [-0.15, -0.1) is 0 Å². The molecule has 220 valence electrons. The van der Waals surface area contributed by atoms with Crippen molar-refractivity contribution in [2.24, 2.45) is 0 Å². The smallest absolute Gasteiger partial charge is 0.423 e. The number of ketones is 2. The second kappa shape index (κ2) is 11.2. The Balaban J connectivity index is 1.38. The SMILES string of the molecule is CC1([C@@]2(OB(O)c3ccccc3)CC3=C(C(=O)c4cc5ccccc5cc4C3=O)[C@H](OB(O)c3ccccc3)C2)OCCO1. The Bertz CT molecular complexity index is 1770. The van der Waals surface area contributed by atoms with Crippen LogP contribution in [-0.4, -0.2) is 66.6 Å². The molecular weight excluding hydrogens is 558 g/mol. The predicted molar refractivity (Wildman–Crippen MR) is 166 cm³/mol. The first-order valence-electron chi connectivity index (χ1n) is 14.7. The molecule has 3 aliphatic rings. The van der Waals surface area contributed by atoms with Gasteiger partial charge in [0.2, 0.25) is 0 Å². The number of carbonyl (C=O) groups excluding carboxylic acids is 2. The Labute approximate surface area is 255 Å². The Morgan fingerprint density at radius 3 is 1.86 bits per heavy atom. The number of hydrogen-bond acceptors (Lipinski definition) is 8. The molecule has 0 amide bonds. The molecule has 10 heteroatoms. The normalized spacial score (nSPS) is 22.6. The van der Waals surface area contributed by atoms with Crippen LogP contribution in [-0.2, 0) is 18.8 Å². The molecule has 8 nitrogen and oxygen atoms in total. The summed E-state index contributed by atoms with van der Waals surface area (Å²) in [5.74, 6) is -2.10. The number of fused-ring (bicyclic) bond motifs is 2. The lowest BCUT2D eigenvalue weighted by molar-refractivity contribution is -0.259. The van der Waals surface area contributed by atoms with Crippen LogP contribution in [0.5, 0.6) is 0 Å². The molecule has 4 aromatic carbocycles. The molecule has 0 radical (unpaired) electrons. The van der Waals surface area contributed by atoms with Gasteiger partial charge in [-0.25, -0.2) is 0 Å². The van der Waals surface area contributed by atoms with E-state index in [9.17, 15) is 19.6 Å². The van der Waals surface area contributed by atoms with Crippen LogP contribution < -0.4 is 10.9 Å². The summed E-state index contributed by atoms with van der Waals surface area (Å²) in [5, 5.41) is 24.2. The van der Waals surface area contributed by atoms with Gasteiger partial charge in [-0.05, 0) is 40.8 Å². The summed E-state index contributed by atoms with van der Waals surface area (Å²) in [7, 11) is -2.82. The standard InChI is InChI=1S/C34H30B2O8/c1-33(41-16-17-42-33)34(44-36(40)25-14-6-3-7-15-25)20-28-30(29(21-34)43-35(39)24-12-4-2-5-13-24)32(38)27-19-23-11-9-8-10-22(23)18-26(27)31(28)37/h2-15,18-19,29,39-40H,16-17,20-21H2,1H3/t29-,34-/m1/s1. The lowest BCUT2D eigenvalue weighted by Gasteiger charge is -2.50. The highest BCUT2D eigenvalue weighted by molar-refractivity contribution is 6.60. The van der Waals surface area contributed by atoms with E-state index in [0.29, 0.717) is 10.9 Å². The molecule has 0 aromatic heterocycles. The summed E-state index contributed by atoms with van der Waals surface area (Å²) in [6.07, 6.45) is -1.23. The summed E-state index contributed by atoms with van der Waals surface area (Å²) in [4.78, 5) is 28.7. The maximum Gasteiger partial charge on any atom is 0.491 e. The maximum absolute atomic E-state index is 14.4. The van der Waals surface area contributed by atoms with Crippen LogP contribution in [0.3, 0.4) is 0 Å². The Kier molecular flexibility index (Phi) is 7.37. The fourth-order valence-electron chi connectivity index (χ4n) is 6.65. The van der Waals surface area contributed by atoms with Gasteiger partial charge in [-0.1, -0.05) is 84.9 Å². The van der Waals surface area contributed by atoms with Crippen LogP contribution in [0.1, 0.15) is 40.5 Å². The van der Waals surface area contributed by atoms with E-state index in [-0.39, 0.29) is 59.9 Å². The van der Waals surface area contributed by atoms with Gasteiger partial charge in [0.05, 0.1) is 19.3 Å². The molecule has 2 N–H and O–H groups in total. The van der Waals surface area contributed by atoms with Gasteiger partial charge < -0.3 is 28.8 Å². The molecule has 44 heavy (non-hydrogen) atoms. The topological polar surface area (TPSA) is 112 Å². The van der Waals surface area contributed by atoms with Gasteiger partial charge in [-0.3, -0.25) is 9.59 Å². The highest BCUT2D eigenvalue weighted by Gasteiger charge is 2.61. The molecule has 0 spiro atoms. The number of Topliss-reactive ketones (excluding diaryl/α,β-unsaturated/α-hetero) is 2. The van der Waals surface area contributed by atoms with Crippen LogP contribution >= 0.6 is 0 Å². The van der Waals surface area contributed by atoms with Gasteiger partial charge in [0.1, 0.15) is 5.60 Å². The summed E-state index contributed by atoms with van der Waals surface area (Å²) < 4.78 is 25.0. The minimum absolute atomic E-state index is 0.0436. The van der Waals surface area contributed by atoms with Gasteiger partial charge in [0.15, 0.2) is 17.4 Å². The van der Waals surface area contributed by atoms with Crippen molar-refractivity contribution < 1.29 is 38.4 Å². The largest absolute Gasteiger partial charge is 0.491 e. The molecule has 2 atom stereocenters. The number of rotatable bonds is 7. The maximum atomic E-state index is 14.4.